The van der Waals surface area contributed by atoms with Crippen molar-refractivity contribution < 1.29 is 4.79 Å². The molecule has 1 aromatic rings. The molecule has 2 fully saturated rings. The number of aromatic nitrogens is 1. The van der Waals surface area contributed by atoms with E-state index in [0.717, 1.165) is 19.6 Å². The Morgan fingerprint density at radius 3 is 3.16 bits per heavy atom. The second-order valence-corrected chi connectivity index (χ2v) is 5.15. The van der Waals surface area contributed by atoms with Crippen molar-refractivity contribution in [1.29, 1.82) is 0 Å². The van der Waals surface area contributed by atoms with Crippen LogP contribution in [0.3, 0.4) is 0 Å². The summed E-state index contributed by atoms with van der Waals surface area (Å²) in [5.41, 5.74) is 3.73. The number of nitrogens with two attached hydrogens (primary N) is 1. The van der Waals surface area contributed by atoms with Gasteiger partial charge in [-0.3, -0.25) is 20.5 Å². The second kappa shape index (κ2) is 5.14. The van der Waals surface area contributed by atoms with Crippen molar-refractivity contribution in [3.63, 3.8) is 0 Å². The number of rotatable bonds is 2. The third-order valence-corrected chi connectivity index (χ3v) is 4.08. The number of nitrogen functional groups attached to an aromatic ring is 1. The topological polar surface area (TPSA) is 74.5 Å². The molecule has 1 atom stereocenters. The van der Waals surface area contributed by atoms with Crippen molar-refractivity contribution in [1.82, 2.24) is 14.8 Å². The van der Waals surface area contributed by atoms with E-state index in [-0.39, 0.29) is 5.91 Å². The third-order valence-electron chi connectivity index (χ3n) is 4.08. The monoisotopic (exact) mass is 261 g/mol. The van der Waals surface area contributed by atoms with Gasteiger partial charge in [-0.15, -0.1) is 0 Å². The van der Waals surface area contributed by atoms with Crippen LogP contribution >= 0.6 is 0 Å². The molecule has 3 heterocycles. The van der Waals surface area contributed by atoms with Crippen LogP contribution in [0.1, 0.15) is 23.2 Å². The Bertz CT molecular complexity index is 478. The van der Waals surface area contributed by atoms with Gasteiger partial charge in [0.15, 0.2) is 0 Å². The lowest BCUT2D eigenvalue weighted by atomic mass is 10.1. The van der Waals surface area contributed by atoms with Gasteiger partial charge in [0.05, 0.1) is 17.4 Å². The van der Waals surface area contributed by atoms with Crippen LogP contribution in [0.15, 0.2) is 18.5 Å². The molecule has 3 N–H and O–H groups in total. The van der Waals surface area contributed by atoms with E-state index in [1.54, 1.807) is 18.5 Å². The molecule has 6 nitrogen and oxygen atoms in total. The zero-order chi connectivity index (χ0) is 13.2. The second-order valence-electron chi connectivity index (χ2n) is 5.15. The van der Waals surface area contributed by atoms with Gasteiger partial charge in [0.25, 0.3) is 5.91 Å². The molecule has 2 aliphatic heterocycles. The highest BCUT2D eigenvalue weighted by atomic mass is 16.2. The zero-order valence-corrected chi connectivity index (χ0v) is 10.9. The lowest BCUT2D eigenvalue weighted by Crippen LogP contribution is -2.52. The van der Waals surface area contributed by atoms with Crippen molar-refractivity contribution in [3.8, 4) is 0 Å². The number of hydrogen-bond acceptors (Lipinski definition) is 5. The Balaban J connectivity index is 1.76. The van der Waals surface area contributed by atoms with Gasteiger partial charge < -0.3 is 10.3 Å². The van der Waals surface area contributed by atoms with E-state index in [1.807, 2.05) is 4.90 Å². The highest BCUT2D eigenvalue weighted by Crippen LogP contribution is 2.23. The molecule has 2 saturated heterocycles. The van der Waals surface area contributed by atoms with E-state index in [4.69, 9.17) is 5.84 Å². The molecule has 6 heteroatoms. The number of hydrazine groups is 1. The van der Waals surface area contributed by atoms with Gasteiger partial charge in [-0.2, -0.15) is 0 Å². The van der Waals surface area contributed by atoms with Gasteiger partial charge in [0.1, 0.15) is 0 Å². The molecule has 0 saturated carbocycles. The SMILES string of the molecule is NNc1cnccc1C(=O)N1CCN2CCCC2C1. The summed E-state index contributed by atoms with van der Waals surface area (Å²) in [5.74, 6) is 5.48. The summed E-state index contributed by atoms with van der Waals surface area (Å²) in [7, 11) is 0. The molecule has 0 aromatic carbocycles. The Labute approximate surface area is 112 Å². The Morgan fingerprint density at radius 2 is 2.32 bits per heavy atom. The predicted octanol–water partition coefficient (Wildman–Crippen LogP) is 0.287. The van der Waals surface area contributed by atoms with Crippen molar-refractivity contribution in [3.05, 3.63) is 24.0 Å². The number of carbonyl (C=O) groups excluding carboxylic acids is 1. The molecule has 0 radical (unpaired) electrons. The molecule has 2 aliphatic rings. The average molecular weight is 261 g/mol. The number of fused-ring (bicyclic) bond motifs is 1. The molecule has 19 heavy (non-hydrogen) atoms. The minimum atomic E-state index is 0.0434. The molecule has 0 bridgehead atoms. The van der Waals surface area contributed by atoms with Crippen molar-refractivity contribution >= 4 is 11.6 Å². The van der Waals surface area contributed by atoms with Crippen LogP contribution < -0.4 is 11.3 Å². The molecule has 1 unspecified atom stereocenters. The van der Waals surface area contributed by atoms with E-state index in [1.165, 1.54) is 19.4 Å². The third kappa shape index (κ3) is 2.29. The van der Waals surface area contributed by atoms with Crippen molar-refractivity contribution in [2.75, 3.05) is 31.6 Å². The van der Waals surface area contributed by atoms with Crippen LogP contribution in [0.4, 0.5) is 5.69 Å². The van der Waals surface area contributed by atoms with Crippen LogP contribution in [0.25, 0.3) is 0 Å². The van der Waals surface area contributed by atoms with Gasteiger partial charge in [-0.25, -0.2) is 0 Å². The fourth-order valence-electron chi connectivity index (χ4n) is 3.04. The fourth-order valence-corrected chi connectivity index (χ4v) is 3.04. The summed E-state index contributed by atoms with van der Waals surface area (Å²) in [4.78, 5) is 20.9. The summed E-state index contributed by atoms with van der Waals surface area (Å²) in [6.45, 7) is 3.78. The maximum absolute atomic E-state index is 12.6. The Hall–Kier alpha value is -1.66. The van der Waals surface area contributed by atoms with E-state index in [0.29, 0.717) is 17.3 Å². The van der Waals surface area contributed by atoms with Gasteiger partial charge in [-0.1, -0.05) is 0 Å². The number of pyridine rings is 1. The molecule has 1 amide bonds. The van der Waals surface area contributed by atoms with Crippen molar-refractivity contribution in [2.45, 2.75) is 18.9 Å². The van der Waals surface area contributed by atoms with Crippen LogP contribution in [-0.2, 0) is 0 Å². The zero-order valence-electron chi connectivity index (χ0n) is 10.9. The first-order valence-electron chi connectivity index (χ1n) is 6.73. The number of hydrogen-bond donors (Lipinski definition) is 2. The van der Waals surface area contributed by atoms with E-state index >= 15 is 0 Å². The minimum Gasteiger partial charge on any atom is -0.336 e. The highest BCUT2D eigenvalue weighted by Gasteiger charge is 2.33. The quantitative estimate of drug-likeness (QED) is 0.591. The highest BCUT2D eigenvalue weighted by molar-refractivity contribution is 5.99. The number of amides is 1. The number of nitrogens with one attached hydrogen (secondary N) is 1. The lowest BCUT2D eigenvalue weighted by molar-refractivity contribution is 0.0572. The summed E-state index contributed by atoms with van der Waals surface area (Å²) < 4.78 is 0. The molecule has 102 valence electrons. The largest absolute Gasteiger partial charge is 0.336 e. The first-order valence-corrected chi connectivity index (χ1v) is 6.73. The van der Waals surface area contributed by atoms with E-state index in [9.17, 15) is 4.79 Å². The van der Waals surface area contributed by atoms with Gasteiger partial charge in [0.2, 0.25) is 0 Å². The standard InChI is InChI=1S/C13H19N5O/c14-16-12-8-15-4-3-11(12)13(19)18-7-6-17-5-1-2-10(17)9-18/h3-4,8,10,16H,1-2,5-7,9,14H2. The normalized spacial score (nSPS) is 23.2. The smallest absolute Gasteiger partial charge is 0.256 e. The molecule has 0 spiro atoms. The Morgan fingerprint density at radius 1 is 1.42 bits per heavy atom. The van der Waals surface area contributed by atoms with Gasteiger partial charge in [-0.05, 0) is 25.5 Å². The van der Waals surface area contributed by atoms with Gasteiger partial charge >= 0.3 is 0 Å². The predicted molar refractivity (Wildman–Crippen MR) is 72.5 cm³/mol. The molecular weight excluding hydrogens is 242 g/mol. The number of anilines is 1. The first-order chi connectivity index (χ1) is 9.29. The van der Waals surface area contributed by atoms with Crippen LogP contribution in [-0.4, -0.2) is 52.9 Å². The van der Waals surface area contributed by atoms with Crippen molar-refractivity contribution in [2.24, 2.45) is 5.84 Å². The number of nitrogens with zero attached hydrogens (tertiary/aromatic N) is 3. The summed E-state index contributed by atoms with van der Waals surface area (Å²) in [6, 6.07) is 2.26. The van der Waals surface area contributed by atoms with Crippen LogP contribution in [0, 0.1) is 0 Å². The van der Waals surface area contributed by atoms with E-state index in [2.05, 4.69) is 15.3 Å². The number of carbonyl (C=O) groups is 1. The lowest BCUT2D eigenvalue weighted by Gasteiger charge is -2.37. The fraction of sp³-hybridized carbons (Fsp3) is 0.538. The van der Waals surface area contributed by atoms with Gasteiger partial charge in [0, 0.05) is 31.9 Å². The molecular formula is C13H19N5O. The van der Waals surface area contributed by atoms with E-state index < -0.39 is 0 Å². The summed E-state index contributed by atoms with van der Waals surface area (Å²) >= 11 is 0. The van der Waals surface area contributed by atoms with Crippen LogP contribution in [0.2, 0.25) is 0 Å². The minimum absolute atomic E-state index is 0.0434. The summed E-state index contributed by atoms with van der Waals surface area (Å²) in [5, 5.41) is 0. The first kappa shape index (κ1) is 12.4. The molecule has 0 aliphatic carbocycles. The Kier molecular flexibility index (Phi) is 3.35. The average Bonchev–Trinajstić information content (AvgIpc) is 2.93. The molecule has 3 rings (SSSR count). The molecule has 1 aromatic heterocycles. The maximum Gasteiger partial charge on any atom is 0.256 e. The summed E-state index contributed by atoms with van der Waals surface area (Å²) in [6.07, 6.45) is 5.65. The van der Waals surface area contributed by atoms with Crippen LogP contribution in [0.5, 0.6) is 0 Å². The number of piperazine rings is 1. The maximum atomic E-state index is 12.6.